The Morgan fingerprint density at radius 3 is 1.92 bits per heavy atom. The van der Waals surface area contributed by atoms with E-state index in [-0.39, 0.29) is 17.3 Å². The van der Waals surface area contributed by atoms with Crippen molar-refractivity contribution in [3.8, 4) is 0 Å². The second kappa shape index (κ2) is 15.7. The average Bonchev–Trinajstić information content (AvgIpc) is 2.57. The molecule has 0 fully saturated rings. The first kappa shape index (κ1) is 23.2. The summed E-state index contributed by atoms with van der Waals surface area (Å²) in [6.07, 6.45) is 12.1. The molecule has 0 saturated carbocycles. The van der Waals surface area contributed by atoms with Crippen LogP contribution in [0.15, 0.2) is 0 Å². The smallest absolute Gasteiger partial charge is 0.305 e. The third kappa shape index (κ3) is 14.8. The maximum atomic E-state index is 11.2. The van der Waals surface area contributed by atoms with Crippen LogP contribution in [0, 0.1) is 5.92 Å². The quantitative estimate of drug-likeness (QED) is 0.226. The number of carbonyl (C=O) groups excluding carboxylic acids is 2. The summed E-state index contributed by atoms with van der Waals surface area (Å²) < 4.78 is 9.29. The minimum Gasteiger partial charge on any atom is -0.469 e. The molecule has 0 rings (SSSR count). The summed E-state index contributed by atoms with van der Waals surface area (Å²) in [5.41, 5.74) is 0. The maximum Gasteiger partial charge on any atom is 0.305 e. The van der Waals surface area contributed by atoms with Gasteiger partial charge in [-0.25, -0.2) is 0 Å². The molecule has 24 heavy (non-hydrogen) atoms. The van der Waals surface area contributed by atoms with Crippen LogP contribution >= 0.6 is 11.6 Å². The molecule has 0 bridgehead atoms. The Bertz CT molecular complexity index is 333. The predicted molar refractivity (Wildman–Crippen MR) is 98.2 cm³/mol. The number of hydrogen-bond donors (Lipinski definition) is 0. The van der Waals surface area contributed by atoms with E-state index in [0.717, 1.165) is 32.1 Å². The van der Waals surface area contributed by atoms with E-state index in [1.807, 2.05) is 0 Å². The summed E-state index contributed by atoms with van der Waals surface area (Å²) >= 11 is 6.36. The Morgan fingerprint density at radius 2 is 1.33 bits per heavy atom. The highest BCUT2D eigenvalue weighted by molar-refractivity contribution is 6.20. The van der Waals surface area contributed by atoms with Crippen LogP contribution in [-0.2, 0) is 19.1 Å². The van der Waals surface area contributed by atoms with Crippen molar-refractivity contribution in [2.24, 2.45) is 5.92 Å². The van der Waals surface area contributed by atoms with E-state index in [1.165, 1.54) is 46.3 Å². The molecule has 0 amide bonds. The van der Waals surface area contributed by atoms with Crippen molar-refractivity contribution in [3.63, 3.8) is 0 Å². The fourth-order valence-corrected chi connectivity index (χ4v) is 2.98. The fourth-order valence-electron chi connectivity index (χ4n) is 2.70. The van der Waals surface area contributed by atoms with Crippen LogP contribution in [0.1, 0.15) is 84.0 Å². The second-order valence-corrected chi connectivity index (χ2v) is 7.27. The maximum absolute atomic E-state index is 11.2. The number of unbranched alkanes of at least 4 members (excludes halogenated alkanes) is 6. The third-order valence-corrected chi connectivity index (χ3v) is 4.78. The predicted octanol–water partition coefficient (Wildman–Crippen LogP) is 5.26. The van der Waals surface area contributed by atoms with Crippen molar-refractivity contribution >= 4 is 23.5 Å². The van der Waals surface area contributed by atoms with Gasteiger partial charge in [0.1, 0.15) is 0 Å². The van der Waals surface area contributed by atoms with Crippen molar-refractivity contribution in [2.45, 2.75) is 89.4 Å². The lowest BCUT2D eigenvalue weighted by molar-refractivity contribution is -0.142. The third-order valence-electron chi connectivity index (χ3n) is 4.34. The minimum atomic E-state index is -0.139. The van der Waals surface area contributed by atoms with E-state index < -0.39 is 0 Å². The highest BCUT2D eigenvalue weighted by atomic mass is 35.5. The van der Waals surface area contributed by atoms with E-state index in [9.17, 15) is 9.59 Å². The van der Waals surface area contributed by atoms with Gasteiger partial charge >= 0.3 is 11.9 Å². The number of carbonyl (C=O) groups is 2. The number of esters is 2. The molecule has 0 aromatic heterocycles. The molecule has 0 N–H and O–H groups in total. The Labute approximate surface area is 152 Å². The first-order valence-electron chi connectivity index (χ1n) is 9.27. The molecule has 0 aromatic rings. The van der Waals surface area contributed by atoms with Gasteiger partial charge in [0, 0.05) is 18.2 Å². The van der Waals surface area contributed by atoms with Crippen LogP contribution in [0.4, 0.5) is 0 Å². The summed E-state index contributed by atoms with van der Waals surface area (Å²) in [6.45, 7) is 2.07. The van der Waals surface area contributed by atoms with Crippen LogP contribution in [0.5, 0.6) is 0 Å². The summed E-state index contributed by atoms with van der Waals surface area (Å²) in [6, 6.07) is 0. The zero-order chi connectivity index (χ0) is 18.2. The van der Waals surface area contributed by atoms with Gasteiger partial charge in [-0.15, -0.1) is 11.6 Å². The molecule has 0 saturated heterocycles. The Balaban J connectivity index is 3.38. The fraction of sp³-hybridized carbons (Fsp3) is 0.895. The van der Waals surface area contributed by atoms with Gasteiger partial charge in [-0.2, -0.15) is 0 Å². The topological polar surface area (TPSA) is 52.6 Å². The van der Waals surface area contributed by atoms with Crippen molar-refractivity contribution in [1.29, 1.82) is 0 Å². The summed E-state index contributed by atoms with van der Waals surface area (Å²) in [5.74, 6) is 0.0907. The molecule has 4 nitrogen and oxygen atoms in total. The number of halogens is 1. The van der Waals surface area contributed by atoms with Crippen molar-refractivity contribution in [3.05, 3.63) is 0 Å². The number of methoxy groups -OCH3 is 2. The number of alkyl halides is 1. The molecule has 0 aromatic carbocycles. The van der Waals surface area contributed by atoms with Crippen LogP contribution < -0.4 is 0 Å². The highest BCUT2D eigenvalue weighted by Gasteiger charge is 2.12. The van der Waals surface area contributed by atoms with E-state index in [4.69, 9.17) is 11.6 Å². The van der Waals surface area contributed by atoms with Crippen LogP contribution in [0.25, 0.3) is 0 Å². The SMILES string of the molecule is COC(=O)CCCCCCCCCC(Cl)CCC(C)CC(=O)OC. The van der Waals surface area contributed by atoms with E-state index in [1.54, 1.807) is 0 Å². The average molecular weight is 363 g/mol. The molecule has 2 unspecified atom stereocenters. The van der Waals surface area contributed by atoms with Gasteiger partial charge in [0.2, 0.25) is 0 Å². The number of rotatable bonds is 15. The zero-order valence-corrected chi connectivity index (χ0v) is 16.4. The van der Waals surface area contributed by atoms with E-state index in [2.05, 4.69) is 16.4 Å². The highest BCUT2D eigenvalue weighted by Crippen LogP contribution is 2.20. The van der Waals surface area contributed by atoms with Crippen molar-refractivity contribution in [2.75, 3.05) is 14.2 Å². The standard InChI is InChI=1S/C19H35ClO4/c1-16(15-19(22)24-3)13-14-17(20)11-9-7-5-4-6-8-10-12-18(21)23-2/h16-17H,4-15H2,1-3H3. The monoisotopic (exact) mass is 362 g/mol. The van der Waals surface area contributed by atoms with Crippen LogP contribution in [0.2, 0.25) is 0 Å². The largest absolute Gasteiger partial charge is 0.469 e. The van der Waals surface area contributed by atoms with Gasteiger partial charge in [-0.05, 0) is 31.6 Å². The normalized spacial score (nSPS) is 13.3. The van der Waals surface area contributed by atoms with Gasteiger partial charge in [0.05, 0.1) is 14.2 Å². The number of ether oxygens (including phenoxy) is 2. The molecule has 0 radical (unpaired) electrons. The molecule has 0 aliphatic carbocycles. The molecule has 2 atom stereocenters. The van der Waals surface area contributed by atoms with E-state index >= 15 is 0 Å². The van der Waals surface area contributed by atoms with Crippen LogP contribution in [-0.4, -0.2) is 31.5 Å². The lowest BCUT2D eigenvalue weighted by Gasteiger charge is -2.13. The Morgan fingerprint density at radius 1 is 0.792 bits per heavy atom. The molecule has 0 aliphatic rings. The Hall–Kier alpha value is -0.770. The van der Waals surface area contributed by atoms with Gasteiger partial charge in [0.15, 0.2) is 0 Å². The molecule has 5 heteroatoms. The molecule has 0 spiro atoms. The zero-order valence-electron chi connectivity index (χ0n) is 15.7. The van der Waals surface area contributed by atoms with Gasteiger partial charge in [0.25, 0.3) is 0 Å². The number of hydrogen-bond acceptors (Lipinski definition) is 4. The molecular weight excluding hydrogens is 328 g/mol. The summed E-state index contributed by atoms with van der Waals surface area (Å²) in [7, 11) is 2.87. The molecular formula is C19H35ClO4. The summed E-state index contributed by atoms with van der Waals surface area (Å²) in [4.78, 5) is 22.1. The van der Waals surface area contributed by atoms with Gasteiger partial charge in [-0.3, -0.25) is 9.59 Å². The molecule has 142 valence electrons. The first-order valence-corrected chi connectivity index (χ1v) is 9.71. The molecule has 0 heterocycles. The first-order chi connectivity index (χ1) is 11.5. The minimum absolute atomic E-state index is 0.107. The lowest BCUT2D eigenvalue weighted by Crippen LogP contribution is -2.09. The van der Waals surface area contributed by atoms with Gasteiger partial charge in [-0.1, -0.05) is 45.4 Å². The Kier molecular flexibility index (Phi) is 15.2. The van der Waals surface area contributed by atoms with Gasteiger partial charge < -0.3 is 9.47 Å². The second-order valence-electron chi connectivity index (χ2n) is 6.65. The van der Waals surface area contributed by atoms with Crippen LogP contribution in [0.3, 0.4) is 0 Å². The van der Waals surface area contributed by atoms with E-state index in [0.29, 0.717) is 18.8 Å². The van der Waals surface area contributed by atoms with Crippen molar-refractivity contribution in [1.82, 2.24) is 0 Å². The van der Waals surface area contributed by atoms with Crippen molar-refractivity contribution < 1.29 is 19.1 Å². The lowest BCUT2D eigenvalue weighted by atomic mass is 9.98. The molecule has 0 aliphatic heterocycles. The summed E-state index contributed by atoms with van der Waals surface area (Å²) in [5, 5.41) is 0.213.